The van der Waals surface area contributed by atoms with Crippen LogP contribution in [0, 0.1) is 0 Å². The summed E-state index contributed by atoms with van der Waals surface area (Å²) >= 11 is 0. The second-order valence-corrected chi connectivity index (χ2v) is 5.86. The fraction of sp³-hybridized carbons (Fsp3) is 0.316. The fourth-order valence-electron chi connectivity index (χ4n) is 3.04. The maximum Gasteiger partial charge on any atom is 0.227 e. The molecule has 2 aromatic carbocycles. The Balaban J connectivity index is 1.74. The molecule has 1 aliphatic heterocycles. The van der Waals surface area contributed by atoms with Crippen molar-refractivity contribution in [1.82, 2.24) is 10.6 Å². The average Bonchev–Trinajstić information content (AvgIpc) is 2.61. The van der Waals surface area contributed by atoms with Crippen molar-refractivity contribution in [3.8, 4) is 5.75 Å². The molecule has 3 rings (SSSR count). The number of nitrogens with one attached hydrogen (secondary N) is 2. The molecule has 0 bridgehead atoms. The van der Waals surface area contributed by atoms with Crippen LogP contribution in [0.15, 0.2) is 54.6 Å². The summed E-state index contributed by atoms with van der Waals surface area (Å²) in [6, 6.07) is 17.7. The average molecular weight is 310 g/mol. The van der Waals surface area contributed by atoms with Gasteiger partial charge < -0.3 is 15.4 Å². The molecule has 0 radical (unpaired) electrons. The van der Waals surface area contributed by atoms with Crippen LogP contribution >= 0.6 is 0 Å². The Labute approximate surface area is 136 Å². The molecule has 23 heavy (non-hydrogen) atoms. The van der Waals surface area contributed by atoms with Gasteiger partial charge in [0.2, 0.25) is 5.91 Å². The predicted octanol–water partition coefficient (Wildman–Crippen LogP) is 2.63. The number of rotatable bonds is 4. The molecule has 1 aliphatic rings. The number of ether oxygens (including phenoxy) is 1. The van der Waals surface area contributed by atoms with Crippen molar-refractivity contribution in [2.75, 3.05) is 13.7 Å². The van der Waals surface area contributed by atoms with Gasteiger partial charge in [0.1, 0.15) is 12.4 Å². The number of likely N-dealkylation sites (N-methyl/N-ethyl adjacent to an activating group) is 1. The summed E-state index contributed by atoms with van der Waals surface area (Å²) < 4.78 is 5.80. The third-order valence-electron chi connectivity index (χ3n) is 4.41. The number of para-hydroxylation sites is 1. The summed E-state index contributed by atoms with van der Waals surface area (Å²) in [5.41, 5.74) is 2.10. The second-order valence-electron chi connectivity index (χ2n) is 5.86. The van der Waals surface area contributed by atoms with Gasteiger partial charge in [0, 0.05) is 5.56 Å². The molecular formula is C19H22N2O2. The van der Waals surface area contributed by atoms with Gasteiger partial charge in [-0.25, -0.2) is 0 Å². The van der Waals surface area contributed by atoms with E-state index < -0.39 is 0 Å². The van der Waals surface area contributed by atoms with E-state index in [1.54, 1.807) is 0 Å². The van der Waals surface area contributed by atoms with E-state index in [1.807, 2.05) is 68.6 Å². The van der Waals surface area contributed by atoms with Crippen molar-refractivity contribution in [3.63, 3.8) is 0 Å². The Morgan fingerprint density at radius 1 is 1.13 bits per heavy atom. The minimum absolute atomic E-state index is 0.0180. The quantitative estimate of drug-likeness (QED) is 0.913. The van der Waals surface area contributed by atoms with Gasteiger partial charge in [0.25, 0.3) is 0 Å². The lowest BCUT2D eigenvalue weighted by Crippen LogP contribution is -2.50. The van der Waals surface area contributed by atoms with E-state index in [0.717, 1.165) is 16.9 Å². The molecule has 1 heterocycles. The van der Waals surface area contributed by atoms with Gasteiger partial charge in [-0.1, -0.05) is 48.5 Å². The van der Waals surface area contributed by atoms with Gasteiger partial charge in [-0.2, -0.15) is 0 Å². The summed E-state index contributed by atoms with van der Waals surface area (Å²) in [5.74, 6) is 0.712. The first-order valence-corrected chi connectivity index (χ1v) is 7.95. The molecule has 0 aliphatic carbocycles. The minimum atomic E-state index is -0.189. The normalized spacial score (nSPS) is 21.0. The van der Waals surface area contributed by atoms with Crippen LogP contribution in [0.2, 0.25) is 0 Å². The number of carbonyl (C=O) groups is 1. The molecule has 2 aromatic rings. The van der Waals surface area contributed by atoms with E-state index in [0.29, 0.717) is 6.61 Å². The number of hydrogen-bond donors (Lipinski definition) is 2. The molecule has 120 valence electrons. The molecule has 2 N–H and O–H groups in total. The second kappa shape index (κ2) is 6.84. The number of carbonyl (C=O) groups excluding carboxylic acids is 1. The van der Waals surface area contributed by atoms with E-state index in [9.17, 15) is 4.79 Å². The first kappa shape index (κ1) is 15.6. The molecule has 1 amide bonds. The van der Waals surface area contributed by atoms with Crippen LogP contribution < -0.4 is 15.4 Å². The monoisotopic (exact) mass is 310 g/mol. The smallest absolute Gasteiger partial charge is 0.227 e. The largest absolute Gasteiger partial charge is 0.491 e. The fourth-order valence-corrected chi connectivity index (χ4v) is 3.04. The number of amides is 1. The Morgan fingerprint density at radius 3 is 2.57 bits per heavy atom. The van der Waals surface area contributed by atoms with E-state index in [4.69, 9.17) is 4.74 Å². The lowest BCUT2D eigenvalue weighted by molar-refractivity contribution is -0.123. The summed E-state index contributed by atoms with van der Waals surface area (Å²) in [5, 5.41) is 6.43. The lowest BCUT2D eigenvalue weighted by Gasteiger charge is -2.34. The highest BCUT2D eigenvalue weighted by Gasteiger charge is 2.31. The van der Waals surface area contributed by atoms with Gasteiger partial charge in [-0.3, -0.25) is 4.79 Å². The zero-order valence-electron chi connectivity index (χ0n) is 13.5. The van der Waals surface area contributed by atoms with Gasteiger partial charge in [-0.15, -0.1) is 0 Å². The van der Waals surface area contributed by atoms with Crippen LogP contribution in [0.25, 0.3) is 0 Å². The maximum atomic E-state index is 12.6. The zero-order chi connectivity index (χ0) is 16.2. The van der Waals surface area contributed by atoms with Crippen molar-refractivity contribution in [2.24, 2.45) is 0 Å². The minimum Gasteiger partial charge on any atom is -0.491 e. The van der Waals surface area contributed by atoms with Gasteiger partial charge in [-0.05, 0) is 25.6 Å². The van der Waals surface area contributed by atoms with Gasteiger partial charge >= 0.3 is 0 Å². The SMILES string of the molecule is CN[C@H]1c2ccccc2OC[C@H]1NC(=O)C(C)c1ccccc1. The highest BCUT2D eigenvalue weighted by Crippen LogP contribution is 2.31. The third kappa shape index (κ3) is 3.22. The highest BCUT2D eigenvalue weighted by atomic mass is 16.5. The zero-order valence-corrected chi connectivity index (χ0v) is 13.5. The standard InChI is InChI=1S/C19H22N2O2/c1-13(14-8-4-3-5-9-14)19(22)21-16-12-23-17-11-7-6-10-15(17)18(16)20-2/h3-11,13,16,18,20H,12H2,1-2H3,(H,21,22)/t13?,16-,18+/m1/s1. The third-order valence-corrected chi connectivity index (χ3v) is 4.41. The first-order chi connectivity index (χ1) is 11.2. The summed E-state index contributed by atoms with van der Waals surface area (Å²) in [4.78, 5) is 12.6. The van der Waals surface area contributed by atoms with Crippen LogP contribution in [-0.4, -0.2) is 25.6 Å². The molecule has 0 spiro atoms. The van der Waals surface area contributed by atoms with Crippen LogP contribution in [0.3, 0.4) is 0 Å². The van der Waals surface area contributed by atoms with Crippen molar-refractivity contribution in [2.45, 2.75) is 24.9 Å². The van der Waals surface area contributed by atoms with Crippen molar-refractivity contribution < 1.29 is 9.53 Å². The molecule has 0 saturated carbocycles. The molecule has 3 atom stereocenters. The molecule has 1 unspecified atom stereocenters. The first-order valence-electron chi connectivity index (χ1n) is 7.95. The molecule has 0 fully saturated rings. The summed E-state index contributed by atoms with van der Waals surface area (Å²) in [6.07, 6.45) is 0. The van der Waals surface area contributed by atoms with Crippen molar-refractivity contribution in [1.29, 1.82) is 0 Å². The molecule has 4 heteroatoms. The van der Waals surface area contributed by atoms with E-state index in [-0.39, 0.29) is 23.9 Å². The van der Waals surface area contributed by atoms with E-state index >= 15 is 0 Å². The topological polar surface area (TPSA) is 50.4 Å². The molecular weight excluding hydrogens is 288 g/mol. The Hall–Kier alpha value is -2.33. The van der Waals surface area contributed by atoms with Crippen molar-refractivity contribution in [3.05, 3.63) is 65.7 Å². The number of fused-ring (bicyclic) bond motifs is 1. The van der Waals surface area contributed by atoms with Gasteiger partial charge in [0.15, 0.2) is 0 Å². The van der Waals surface area contributed by atoms with Crippen molar-refractivity contribution >= 4 is 5.91 Å². The van der Waals surface area contributed by atoms with E-state index in [1.165, 1.54) is 0 Å². The van der Waals surface area contributed by atoms with Crippen LogP contribution in [0.5, 0.6) is 5.75 Å². The van der Waals surface area contributed by atoms with Crippen LogP contribution in [-0.2, 0) is 4.79 Å². The molecule has 0 saturated heterocycles. The van der Waals surface area contributed by atoms with Crippen LogP contribution in [0.4, 0.5) is 0 Å². The van der Waals surface area contributed by atoms with E-state index in [2.05, 4.69) is 10.6 Å². The Bertz CT molecular complexity index is 672. The molecule has 0 aromatic heterocycles. The predicted molar refractivity (Wildman–Crippen MR) is 90.5 cm³/mol. The Kier molecular flexibility index (Phi) is 4.63. The lowest BCUT2D eigenvalue weighted by atomic mass is 9.94. The maximum absolute atomic E-state index is 12.6. The molecule has 4 nitrogen and oxygen atoms in total. The summed E-state index contributed by atoms with van der Waals surface area (Å²) in [6.45, 7) is 2.40. The Morgan fingerprint density at radius 2 is 1.83 bits per heavy atom. The number of hydrogen-bond acceptors (Lipinski definition) is 3. The highest BCUT2D eigenvalue weighted by molar-refractivity contribution is 5.83. The number of benzene rings is 2. The van der Waals surface area contributed by atoms with Crippen LogP contribution in [0.1, 0.15) is 30.0 Å². The summed E-state index contributed by atoms with van der Waals surface area (Å²) in [7, 11) is 1.91. The van der Waals surface area contributed by atoms with Gasteiger partial charge in [0.05, 0.1) is 18.0 Å².